The van der Waals surface area contributed by atoms with Crippen LogP contribution in [-0.2, 0) is 0 Å². The van der Waals surface area contributed by atoms with E-state index in [1.165, 1.54) is 0 Å². The molecule has 1 aromatic rings. The van der Waals surface area contributed by atoms with E-state index in [2.05, 4.69) is 17.6 Å². The minimum atomic E-state index is -0.684. The Morgan fingerprint density at radius 2 is 2.36 bits per heavy atom. The van der Waals surface area contributed by atoms with E-state index in [1.54, 1.807) is 12.3 Å². The van der Waals surface area contributed by atoms with Crippen molar-refractivity contribution in [2.24, 2.45) is 0 Å². The van der Waals surface area contributed by atoms with E-state index < -0.39 is 6.17 Å². The van der Waals surface area contributed by atoms with Crippen molar-refractivity contribution in [3.05, 3.63) is 24.0 Å². The van der Waals surface area contributed by atoms with Crippen LogP contribution in [0.25, 0.3) is 0 Å². The van der Waals surface area contributed by atoms with E-state index in [0.717, 1.165) is 10.6 Å². The Balaban J connectivity index is 2.31. The molecule has 1 saturated carbocycles. The Morgan fingerprint density at radius 3 is 2.91 bits per heavy atom. The molecule has 1 fully saturated rings. The zero-order valence-electron chi connectivity index (χ0n) is 5.87. The van der Waals surface area contributed by atoms with Crippen molar-refractivity contribution < 1.29 is 4.39 Å². The Kier molecular flexibility index (Phi) is 1.60. The Labute approximate surface area is 70.1 Å². The number of thiol groups is 1. The molecular formula is C8H8FNS. The number of alkyl halides is 1. The maximum absolute atomic E-state index is 12.6. The van der Waals surface area contributed by atoms with E-state index >= 15 is 0 Å². The summed E-state index contributed by atoms with van der Waals surface area (Å²) in [6.07, 6.45) is 1.61. The summed E-state index contributed by atoms with van der Waals surface area (Å²) in [6.45, 7) is 0. The molecule has 0 aliphatic heterocycles. The summed E-state index contributed by atoms with van der Waals surface area (Å²) in [5.74, 6) is 0.0173. The third kappa shape index (κ3) is 1.25. The van der Waals surface area contributed by atoms with E-state index in [9.17, 15) is 4.39 Å². The summed E-state index contributed by atoms with van der Waals surface area (Å²) in [5.41, 5.74) is 0.809. The number of halogens is 1. The standard InChI is InChI=1S/C8H8FNS/c9-6-4-5(6)8-7(11)2-1-3-10-8/h1-3,5-6,11H,4H2/t5-,6-/m1/s1. The van der Waals surface area contributed by atoms with Crippen molar-refractivity contribution in [1.82, 2.24) is 4.98 Å². The molecule has 0 unspecified atom stereocenters. The summed E-state index contributed by atoms with van der Waals surface area (Å²) in [5, 5.41) is 0. The third-order valence-corrected chi connectivity index (χ3v) is 2.26. The van der Waals surface area contributed by atoms with Crippen molar-refractivity contribution in [3.63, 3.8) is 0 Å². The Bertz CT molecular complexity index is 277. The zero-order chi connectivity index (χ0) is 7.84. The molecule has 0 saturated heterocycles. The van der Waals surface area contributed by atoms with Gasteiger partial charge in [-0.2, -0.15) is 0 Å². The maximum Gasteiger partial charge on any atom is 0.109 e. The van der Waals surface area contributed by atoms with Crippen LogP contribution in [0.2, 0.25) is 0 Å². The van der Waals surface area contributed by atoms with Crippen molar-refractivity contribution in [2.75, 3.05) is 0 Å². The molecule has 1 aromatic heterocycles. The smallest absolute Gasteiger partial charge is 0.109 e. The first-order chi connectivity index (χ1) is 5.29. The highest BCUT2D eigenvalue weighted by Gasteiger charge is 2.40. The minimum absolute atomic E-state index is 0.0173. The number of nitrogens with zero attached hydrogens (tertiary/aromatic N) is 1. The van der Waals surface area contributed by atoms with Crippen molar-refractivity contribution in [2.45, 2.75) is 23.4 Å². The van der Waals surface area contributed by atoms with E-state index in [-0.39, 0.29) is 5.92 Å². The third-order valence-electron chi connectivity index (χ3n) is 1.88. The molecule has 0 N–H and O–H groups in total. The van der Waals surface area contributed by atoms with Gasteiger partial charge < -0.3 is 0 Å². The van der Waals surface area contributed by atoms with Gasteiger partial charge in [0.1, 0.15) is 6.17 Å². The van der Waals surface area contributed by atoms with Gasteiger partial charge in [-0.1, -0.05) is 0 Å². The number of hydrogen-bond acceptors (Lipinski definition) is 2. The lowest BCUT2D eigenvalue weighted by molar-refractivity contribution is 0.465. The molecule has 0 spiro atoms. The number of hydrogen-bond donors (Lipinski definition) is 1. The molecule has 58 valence electrons. The second kappa shape index (κ2) is 2.48. The van der Waals surface area contributed by atoms with Gasteiger partial charge >= 0.3 is 0 Å². The lowest BCUT2D eigenvalue weighted by Crippen LogP contribution is -1.89. The topological polar surface area (TPSA) is 12.9 Å². The molecule has 0 aromatic carbocycles. The molecule has 0 bridgehead atoms. The summed E-state index contributed by atoms with van der Waals surface area (Å²) >= 11 is 4.19. The fraction of sp³-hybridized carbons (Fsp3) is 0.375. The number of rotatable bonds is 1. The summed E-state index contributed by atoms with van der Waals surface area (Å²) < 4.78 is 12.6. The Hall–Kier alpha value is -0.570. The van der Waals surface area contributed by atoms with Crippen LogP contribution >= 0.6 is 12.6 Å². The van der Waals surface area contributed by atoms with Crippen molar-refractivity contribution >= 4 is 12.6 Å². The molecule has 2 atom stereocenters. The minimum Gasteiger partial charge on any atom is -0.260 e. The molecule has 1 aliphatic rings. The van der Waals surface area contributed by atoms with Gasteiger partial charge in [0.25, 0.3) is 0 Å². The molecule has 0 radical (unpaired) electrons. The van der Waals surface area contributed by atoms with Gasteiger partial charge in [0.05, 0.1) is 5.69 Å². The van der Waals surface area contributed by atoms with Gasteiger partial charge in [0.2, 0.25) is 0 Å². The van der Waals surface area contributed by atoms with Crippen molar-refractivity contribution in [3.8, 4) is 0 Å². The average Bonchev–Trinajstić information content (AvgIpc) is 2.68. The summed E-state index contributed by atoms with van der Waals surface area (Å²) in [4.78, 5) is 4.88. The second-order valence-electron chi connectivity index (χ2n) is 2.77. The van der Waals surface area contributed by atoms with Crippen LogP contribution in [0.3, 0.4) is 0 Å². The predicted molar refractivity (Wildman–Crippen MR) is 43.7 cm³/mol. The molecular weight excluding hydrogens is 161 g/mol. The lowest BCUT2D eigenvalue weighted by atomic mass is 10.2. The normalized spacial score (nSPS) is 28.5. The SMILES string of the molecule is F[C@@H]1C[C@H]1c1ncccc1S. The molecule has 1 aliphatic carbocycles. The van der Waals surface area contributed by atoms with Crippen LogP contribution in [-0.4, -0.2) is 11.2 Å². The highest BCUT2D eigenvalue weighted by atomic mass is 32.1. The molecule has 1 heterocycles. The van der Waals surface area contributed by atoms with Crippen LogP contribution in [0, 0.1) is 0 Å². The van der Waals surface area contributed by atoms with Gasteiger partial charge in [-0.25, -0.2) is 4.39 Å². The van der Waals surface area contributed by atoms with Crippen LogP contribution < -0.4 is 0 Å². The highest BCUT2D eigenvalue weighted by Crippen LogP contribution is 2.44. The first-order valence-electron chi connectivity index (χ1n) is 3.57. The van der Waals surface area contributed by atoms with E-state index in [1.807, 2.05) is 6.07 Å². The van der Waals surface area contributed by atoms with Gasteiger partial charge in [0.15, 0.2) is 0 Å². The summed E-state index contributed by atoms with van der Waals surface area (Å²) in [7, 11) is 0. The first kappa shape index (κ1) is 7.10. The first-order valence-corrected chi connectivity index (χ1v) is 4.01. The molecule has 2 rings (SSSR count). The van der Waals surface area contributed by atoms with E-state index in [0.29, 0.717) is 6.42 Å². The molecule has 1 nitrogen and oxygen atoms in total. The van der Waals surface area contributed by atoms with Crippen LogP contribution in [0.1, 0.15) is 18.0 Å². The van der Waals surface area contributed by atoms with E-state index in [4.69, 9.17) is 0 Å². The van der Waals surface area contributed by atoms with Gasteiger partial charge in [-0.3, -0.25) is 4.98 Å². The fourth-order valence-corrected chi connectivity index (χ4v) is 1.45. The largest absolute Gasteiger partial charge is 0.260 e. The van der Waals surface area contributed by atoms with Crippen LogP contribution in [0.4, 0.5) is 4.39 Å². The van der Waals surface area contributed by atoms with Crippen LogP contribution in [0.15, 0.2) is 23.2 Å². The lowest BCUT2D eigenvalue weighted by Gasteiger charge is -1.98. The predicted octanol–water partition coefficient (Wildman–Crippen LogP) is 2.20. The molecule has 0 amide bonds. The fourth-order valence-electron chi connectivity index (χ4n) is 1.14. The Morgan fingerprint density at radius 1 is 1.64 bits per heavy atom. The molecule has 3 heteroatoms. The maximum atomic E-state index is 12.6. The van der Waals surface area contributed by atoms with Gasteiger partial charge in [-0.05, 0) is 18.6 Å². The number of pyridine rings is 1. The average molecular weight is 169 g/mol. The van der Waals surface area contributed by atoms with Crippen molar-refractivity contribution in [1.29, 1.82) is 0 Å². The number of aromatic nitrogens is 1. The highest BCUT2D eigenvalue weighted by molar-refractivity contribution is 7.80. The molecule has 11 heavy (non-hydrogen) atoms. The quantitative estimate of drug-likeness (QED) is 0.636. The van der Waals surface area contributed by atoms with Gasteiger partial charge in [0, 0.05) is 17.0 Å². The summed E-state index contributed by atoms with van der Waals surface area (Å²) in [6, 6.07) is 3.65. The monoisotopic (exact) mass is 169 g/mol. The zero-order valence-corrected chi connectivity index (χ0v) is 6.76. The second-order valence-corrected chi connectivity index (χ2v) is 3.25. The van der Waals surface area contributed by atoms with Gasteiger partial charge in [-0.15, -0.1) is 12.6 Å². The van der Waals surface area contributed by atoms with Crippen LogP contribution in [0.5, 0.6) is 0 Å².